The molecule has 12 heteroatoms. The van der Waals surface area contributed by atoms with E-state index in [9.17, 15) is 28.7 Å². The lowest BCUT2D eigenvalue weighted by Gasteiger charge is -2.37. The number of likely N-dealkylation sites (tertiary alicyclic amines) is 1. The monoisotopic (exact) mass is 627 g/mol. The van der Waals surface area contributed by atoms with E-state index in [1.54, 1.807) is 37.8 Å². The summed E-state index contributed by atoms with van der Waals surface area (Å²) in [5, 5.41) is 14.9. The van der Waals surface area contributed by atoms with Crippen molar-refractivity contribution in [1.82, 2.24) is 20.2 Å². The van der Waals surface area contributed by atoms with Gasteiger partial charge in [-0.1, -0.05) is 32.1 Å². The number of halogens is 1. The summed E-state index contributed by atoms with van der Waals surface area (Å²) in [6.07, 6.45) is 7.95. The van der Waals surface area contributed by atoms with Crippen molar-refractivity contribution in [3.63, 3.8) is 0 Å². The van der Waals surface area contributed by atoms with Crippen molar-refractivity contribution in [1.29, 1.82) is 0 Å². The standard InChI is InChI=1S/C33H46FN5O6/c1-33(2,3)45-32(44)37-26(18-34)20-9-11-21(12-10-20)30(41)39-16-15-22(19-7-5-4-6-8-19)28(39)29(40)38-27-14-13-23-24(36-27)17-25(35-23)31(42)43/h13-14,17,19-22,26,28,35H,4-12,15-16,18H2,1-3H3,(H,37,44)(H,42,43)(H,36,38,40)/t20?,21?,22-,26+,28+/m0/s1. The average Bonchev–Trinajstić information content (AvgIpc) is 3.64. The number of carboxylic acid groups (broad SMARTS) is 1. The van der Waals surface area contributed by atoms with Crippen molar-refractivity contribution in [2.45, 2.75) is 103 Å². The zero-order valence-corrected chi connectivity index (χ0v) is 26.4. The van der Waals surface area contributed by atoms with E-state index in [0.717, 1.165) is 32.1 Å². The second-order valence-corrected chi connectivity index (χ2v) is 14.0. The first-order valence-corrected chi connectivity index (χ1v) is 16.3. The molecular weight excluding hydrogens is 581 g/mol. The van der Waals surface area contributed by atoms with Crippen molar-refractivity contribution in [3.8, 4) is 0 Å². The minimum absolute atomic E-state index is 0.0130. The number of carbonyl (C=O) groups excluding carboxylic acids is 3. The summed E-state index contributed by atoms with van der Waals surface area (Å²) in [6, 6.07) is 3.45. The molecule has 0 radical (unpaired) electrons. The zero-order valence-electron chi connectivity index (χ0n) is 26.4. The van der Waals surface area contributed by atoms with Gasteiger partial charge in [0.2, 0.25) is 11.8 Å². The third kappa shape index (κ3) is 7.76. The summed E-state index contributed by atoms with van der Waals surface area (Å²) < 4.78 is 19.3. The number of H-pyrrole nitrogens is 1. The molecule has 0 unspecified atom stereocenters. The number of rotatable bonds is 8. The maximum absolute atomic E-state index is 14.0. The largest absolute Gasteiger partial charge is 0.477 e. The fourth-order valence-electron chi connectivity index (χ4n) is 7.59. The third-order valence-corrected chi connectivity index (χ3v) is 9.77. The Hall–Kier alpha value is -3.70. The van der Waals surface area contributed by atoms with Crippen molar-refractivity contribution in [2.75, 3.05) is 18.5 Å². The van der Waals surface area contributed by atoms with Crippen LogP contribution in [0.4, 0.5) is 15.0 Å². The van der Waals surface area contributed by atoms with E-state index in [-0.39, 0.29) is 35.3 Å². The van der Waals surface area contributed by atoms with Gasteiger partial charge in [0.1, 0.15) is 29.8 Å². The van der Waals surface area contributed by atoms with Gasteiger partial charge in [-0.25, -0.2) is 19.0 Å². The fraction of sp³-hybridized carbons (Fsp3) is 0.667. The number of aromatic amines is 1. The number of aromatic nitrogens is 2. The maximum Gasteiger partial charge on any atom is 0.407 e. The molecule has 3 amide bonds. The van der Waals surface area contributed by atoms with Gasteiger partial charge in [-0.05, 0) is 88.8 Å². The van der Waals surface area contributed by atoms with Crippen LogP contribution in [0.3, 0.4) is 0 Å². The molecule has 0 aromatic carbocycles. The highest BCUT2D eigenvalue weighted by molar-refractivity contribution is 5.99. The maximum atomic E-state index is 14.0. The Bertz CT molecular complexity index is 1390. The number of alkyl halides is 1. The highest BCUT2D eigenvalue weighted by atomic mass is 19.1. The molecule has 11 nitrogen and oxygen atoms in total. The third-order valence-electron chi connectivity index (χ3n) is 9.77. The lowest BCUT2D eigenvalue weighted by molar-refractivity contribution is -0.142. The van der Waals surface area contributed by atoms with Crippen LogP contribution in [0.25, 0.3) is 11.0 Å². The molecule has 3 heterocycles. The molecule has 1 saturated heterocycles. The summed E-state index contributed by atoms with van der Waals surface area (Å²) in [7, 11) is 0. The molecule has 2 aromatic heterocycles. The highest BCUT2D eigenvalue weighted by Crippen LogP contribution is 2.41. The number of carboxylic acids is 1. The molecular formula is C33H46FN5O6. The normalized spacial score (nSPS) is 25.1. The first-order chi connectivity index (χ1) is 21.4. The summed E-state index contributed by atoms with van der Waals surface area (Å²) in [5.74, 6) is -1.06. The van der Waals surface area contributed by atoms with Gasteiger partial charge in [0.05, 0.1) is 17.1 Å². The smallest absolute Gasteiger partial charge is 0.407 e. The van der Waals surface area contributed by atoms with Crippen molar-refractivity contribution < 1.29 is 33.4 Å². The van der Waals surface area contributed by atoms with E-state index in [4.69, 9.17) is 4.74 Å². The van der Waals surface area contributed by atoms with Crippen LogP contribution in [0.1, 0.15) is 95.5 Å². The number of fused-ring (bicyclic) bond motifs is 1. The summed E-state index contributed by atoms with van der Waals surface area (Å²) >= 11 is 0. The number of nitrogens with one attached hydrogen (secondary N) is 3. The van der Waals surface area contributed by atoms with Crippen LogP contribution in [0.5, 0.6) is 0 Å². The molecule has 3 fully saturated rings. The quantitative estimate of drug-likeness (QED) is 0.294. The predicted molar refractivity (Wildman–Crippen MR) is 166 cm³/mol. The van der Waals surface area contributed by atoms with E-state index < -0.39 is 36.4 Å². The van der Waals surface area contributed by atoms with Gasteiger partial charge in [0.25, 0.3) is 0 Å². The Morgan fingerprint density at radius 2 is 1.78 bits per heavy atom. The first kappa shape index (κ1) is 32.7. The van der Waals surface area contributed by atoms with Gasteiger partial charge >= 0.3 is 12.1 Å². The summed E-state index contributed by atoms with van der Waals surface area (Å²) in [4.78, 5) is 60.7. The van der Waals surface area contributed by atoms with Crippen LogP contribution in [0, 0.1) is 23.7 Å². The summed E-state index contributed by atoms with van der Waals surface area (Å²) in [6.45, 7) is 5.07. The topological polar surface area (TPSA) is 154 Å². The second-order valence-electron chi connectivity index (χ2n) is 14.0. The van der Waals surface area contributed by atoms with Crippen LogP contribution < -0.4 is 10.6 Å². The minimum atomic E-state index is -1.09. The lowest BCUT2D eigenvalue weighted by atomic mass is 9.76. The van der Waals surface area contributed by atoms with Gasteiger partial charge in [-0.3, -0.25) is 9.59 Å². The predicted octanol–water partition coefficient (Wildman–Crippen LogP) is 5.67. The second kappa shape index (κ2) is 13.7. The number of pyridine rings is 1. The molecule has 2 aromatic rings. The number of carbonyl (C=O) groups is 4. The van der Waals surface area contributed by atoms with Crippen LogP contribution in [-0.4, -0.2) is 74.8 Å². The molecule has 3 atom stereocenters. The van der Waals surface area contributed by atoms with Crippen LogP contribution in [0.15, 0.2) is 18.2 Å². The molecule has 2 saturated carbocycles. The molecule has 0 spiro atoms. The zero-order chi connectivity index (χ0) is 32.3. The number of nitrogens with zero attached hydrogens (tertiary/aromatic N) is 2. The van der Waals surface area contributed by atoms with Crippen molar-refractivity contribution in [3.05, 3.63) is 23.9 Å². The Labute approximate surface area is 263 Å². The Kier molecular flexibility index (Phi) is 9.98. The number of alkyl carbamates (subject to hydrolysis) is 1. The van der Waals surface area contributed by atoms with E-state index in [1.807, 2.05) is 0 Å². The summed E-state index contributed by atoms with van der Waals surface area (Å²) in [5.41, 5.74) is 0.310. The van der Waals surface area contributed by atoms with E-state index in [1.165, 1.54) is 12.5 Å². The number of aromatic carboxylic acids is 1. The molecule has 0 bridgehead atoms. The highest BCUT2D eigenvalue weighted by Gasteiger charge is 2.47. The van der Waals surface area contributed by atoms with Gasteiger partial charge in [0.15, 0.2) is 0 Å². The van der Waals surface area contributed by atoms with Crippen LogP contribution in [-0.2, 0) is 14.3 Å². The van der Waals surface area contributed by atoms with E-state index >= 15 is 0 Å². The average molecular weight is 628 g/mol. The molecule has 3 aliphatic rings. The molecule has 4 N–H and O–H groups in total. The van der Waals surface area contributed by atoms with Crippen LogP contribution >= 0.6 is 0 Å². The molecule has 45 heavy (non-hydrogen) atoms. The fourth-order valence-corrected chi connectivity index (χ4v) is 7.59. The number of amides is 3. The van der Waals surface area contributed by atoms with Crippen molar-refractivity contribution in [2.24, 2.45) is 23.7 Å². The van der Waals surface area contributed by atoms with Gasteiger partial charge in [-0.15, -0.1) is 0 Å². The molecule has 1 aliphatic heterocycles. The number of ether oxygens (including phenoxy) is 1. The number of hydrogen-bond acceptors (Lipinski definition) is 6. The Morgan fingerprint density at radius 3 is 2.42 bits per heavy atom. The minimum Gasteiger partial charge on any atom is -0.477 e. The Morgan fingerprint density at radius 1 is 1.07 bits per heavy atom. The lowest BCUT2D eigenvalue weighted by Crippen LogP contribution is -2.50. The molecule has 246 valence electrons. The number of anilines is 1. The Balaban J connectivity index is 1.27. The first-order valence-electron chi connectivity index (χ1n) is 16.3. The van der Waals surface area contributed by atoms with Gasteiger partial charge in [0, 0.05) is 12.5 Å². The van der Waals surface area contributed by atoms with E-state index in [2.05, 4.69) is 20.6 Å². The number of hydrogen-bond donors (Lipinski definition) is 4. The molecule has 5 rings (SSSR count). The van der Waals surface area contributed by atoms with Crippen LogP contribution in [0.2, 0.25) is 0 Å². The van der Waals surface area contributed by atoms with Gasteiger partial charge in [-0.2, -0.15) is 0 Å². The van der Waals surface area contributed by atoms with E-state index in [0.29, 0.717) is 55.0 Å². The van der Waals surface area contributed by atoms with Crippen molar-refractivity contribution >= 4 is 40.7 Å². The molecule has 2 aliphatic carbocycles. The van der Waals surface area contributed by atoms with Gasteiger partial charge < -0.3 is 30.4 Å². The SMILES string of the molecule is CC(C)(C)OC(=O)N[C@H](CF)C1CCC(C(=O)N2CC[C@@H](C3CCCCC3)[C@@H]2C(=O)Nc2ccc3[nH]c(C(=O)O)cc3n2)CC1.